The summed E-state index contributed by atoms with van der Waals surface area (Å²) in [5.41, 5.74) is 6.89. The van der Waals surface area contributed by atoms with Crippen LogP contribution in [0.5, 0.6) is 11.5 Å². The van der Waals surface area contributed by atoms with Gasteiger partial charge in [-0.2, -0.15) is 0 Å². The monoisotopic (exact) mass is 319 g/mol. The minimum atomic E-state index is 0.235. The zero-order chi connectivity index (χ0) is 15.5. The third kappa shape index (κ3) is 3.34. The number of nitrogens with zero attached hydrogens (tertiary/aromatic N) is 1. The van der Waals surface area contributed by atoms with Crippen LogP contribution in [-0.4, -0.2) is 18.2 Å². The number of rotatable bonds is 5. The van der Waals surface area contributed by atoms with Crippen LogP contribution in [0.4, 0.5) is 5.13 Å². The minimum Gasteiger partial charge on any atom is -0.486 e. The molecule has 118 valence electrons. The van der Waals surface area contributed by atoms with Gasteiger partial charge in [0.25, 0.3) is 0 Å². The molecule has 3 N–H and O–H groups in total. The maximum atomic E-state index is 5.68. The Morgan fingerprint density at radius 2 is 2.05 bits per heavy atom. The van der Waals surface area contributed by atoms with Crippen molar-refractivity contribution in [3.8, 4) is 11.5 Å². The van der Waals surface area contributed by atoms with Crippen LogP contribution in [0, 0.1) is 5.92 Å². The molecule has 1 aliphatic heterocycles. The number of hydrogen-bond donors (Lipinski definition) is 2. The summed E-state index contributed by atoms with van der Waals surface area (Å²) in [6, 6.07) is 6.41. The van der Waals surface area contributed by atoms with Crippen molar-refractivity contribution in [2.24, 2.45) is 5.92 Å². The number of benzene rings is 1. The molecule has 0 bridgehead atoms. The Balaban J connectivity index is 1.75. The van der Waals surface area contributed by atoms with Gasteiger partial charge >= 0.3 is 0 Å². The van der Waals surface area contributed by atoms with Gasteiger partial charge < -0.3 is 20.5 Å². The van der Waals surface area contributed by atoms with Crippen LogP contribution in [0.1, 0.15) is 30.3 Å². The lowest BCUT2D eigenvalue weighted by atomic mass is 9.95. The summed E-state index contributed by atoms with van der Waals surface area (Å²) in [6.45, 7) is 6.39. The smallest absolute Gasteiger partial charge is 0.180 e. The topological polar surface area (TPSA) is 69.4 Å². The molecule has 1 aromatic carbocycles. The number of hydrogen-bond acceptors (Lipinski definition) is 6. The van der Waals surface area contributed by atoms with Crippen molar-refractivity contribution in [1.82, 2.24) is 10.3 Å². The lowest BCUT2D eigenvalue weighted by Crippen LogP contribution is -2.25. The van der Waals surface area contributed by atoms with Gasteiger partial charge in [0.1, 0.15) is 13.2 Å². The van der Waals surface area contributed by atoms with Crippen molar-refractivity contribution in [3.05, 3.63) is 34.8 Å². The quantitative estimate of drug-likeness (QED) is 0.886. The number of nitrogens with two attached hydrogens (primary N) is 1. The number of fused-ring (bicyclic) bond motifs is 1. The molecule has 1 unspecified atom stereocenters. The van der Waals surface area contributed by atoms with E-state index in [0.717, 1.165) is 22.9 Å². The molecule has 3 rings (SSSR count). The lowest BCUT2D eigenvalue weighted by molar-refractivity contribution is 0.171. The maximum absolute atomic E-state index is 5.68. The van der Waals surface area contributed by atoms with Gasteiger partial charge in [0.15, 0.2) is 16.6 Å². The van der Waals surface area contributed by atoms with Crippen molar-refractivity contribution in [3.63, 3.8) is 0 Å². The van der Waals surface area contributed by atoms with Gasteiger partial charge in [-0.25, -0.2) is 4.98 Å². The van der Waals surface area contributed by atoms with Gasteiger partial charge in [-0.15, -0.1) is 11.3 Å². The molecule has 0 aliphatic carbocycles. The summed E-state index contributed by atoms with van der Waals surface area (Å²) < 4.78 is 11.3. The first-order chi connectivity index (χ1) is 10.6. The highest BCUT2D eigenvalue weighted by Gasteiger charge is 2.19. The normalized spacial score (nSPS) is 15.0. The summed E-state index contributed by atoms with van der Waals surface area (Å²) >= 11 is 1.52. The minimum absolute atomic E-state index is 0.235. The van der Waals surface area contributed by atoms with Crippen LogP contribution in [0.3, 0.4) is 0 Å². The third-order valence-electron chi connectivity index (χ3n) is 3.66. The zero-order valence-corrected chi connectivity index (χ0v) is 13.7. The number of anilines is 1. The average molecular weight is 319 g/mol. The Bertz CT molecular complexity index is 642. The van der Waals surface area contributed by atoms with E-state index in [1.54, 1.807) is 0 Å². The standard InChI is InChI=1S/C16H21N3O2S/c1-10(2)15(18-8-12-9-19-16(17)22-12)11-3-4-13-14(7-11)21-6-5-20-13/h3-4,7,9-10,15,18H,5-6,8H2,1-2H3,(H2,17,19). The van der Waals surface area contributed by atoms with Crippen molar-refractivity contribution < 1.29 is 9.47 Å². The maximum Gasteiger partial charge on any atom is 0.180 e. The van der Waals surface area contributed by atoms with Gasteiger partial charge in [0.2, 0.25) is 0 Å². The summed E-state index contributed by atoms with van der Waals surface area (Å²) in [6.07, 6.45) is 1.83. The largest absolute Gasteiger partial charge is 0.486 e. The molecular formula is C16H21N3O2S. The van der Waals surface area contributed by atoms with Crippen LogP contribution in [0.2, 0.25) is 0 Å². The molecule has 22 heavy (non-hydrogen) atoms. The van der Waals surface area contributed by atoms with Gasteiger partial charge in [-0.05, 0) is 23.6 Å². The lowest BCUT2D eigenvalue weighted by Gasteiger charge is -2.25. The summed E-state index contributed by atoms with van der Waals surface area (Å²) in [7, 11) is 0. The first-order valence-electron chi connectivity index (χ1n) is 7.46. The van der Waals surface area contributed by atoms with Crippen LogP contribution in [-0.2, 0) is 6.54 Å². The Morgan fingerprint density at radius 3 is 2.73 bits per heavy atom. The second-order valence-corrected chi connectivity index (χ2v) is 6.82. The van der Waals surface area contributed by atoms with E-state index in [1.165, 1.54) is 16.9 Å². The van der Waals surface area contributed by atoms with Crippen LogP contribution >= 0.6 is 11.3 Å². The molecule has 5 nitrogen and oxygen atoms in total. The van der Waals surface area contributed by atoms with Crippen LogP contribution in [0.25, 0.3) is 0 Å². The number of nitrogen functional groups attached to an aromatic ring is 1. The molecule has 0 radical (unpaired) electrons. The molecule has 0 saturated heterocycles. The average Bonchev–Trinajstić information content (AvgIpc) is 2.92. The Labute approximate surface area is 134 Å². The molecule has 1 aromatic heterocycles. The predicted molar refractivity (Wildman–Crippen MR) is 88.4 cm³/mol. The van der Waals surface area contributed by atoms with Gasteiger partial charge in [-0.1, -0.05) is 19.9 Å². The van der Waals surface area contributed by atoms with E-state index in [4.69, 9.17) is 15.2 Å². The van der Waals surface area contributed by atoms with Crippen LogP contribution in [0.15, 0.2) is 24.4 Å². The number of aromatic nitrogens is 1. The highest BCUT2D eigenvalue weighted by atomic mass is 32.1. The first-order valence-corrected chi connectivity index (χ1v) is 8.28. The van der Waals surface area contributed by atoms with E-state index in [2.05, 4.69) is 36.3 Å². The Morgan fingerprint density at radius 1 is 1.27 bits per heavy atom. The highest BCUT2D eigenvalue weighted by molar-refractivity contribution is 7.15. The molecule has 2 heterocycles. The van der Waals surface area contributed by atoms with E-state index >= 15 is 0 Å². The van der Waals surface area contributed by atoms with Crippen molar-refractivity contribution in [1.29, 1.82) is 0 Å². The van der Waals surface area contributed by atoms with Crippen molar-refractivity contribution in [2.75, 3.05) is 18.9 Å². The van der Waals surface area contributed by atoms with Gasteiger partial charge in [-0.3, -0.25) is 0 Å². The van der Waals surface area contributed by atoms with Crippen LogP contribution < -0.4 is 20.5 Å². The molecule has 2 aromatic rings. The number of thiazole rings is 1. The third-order valence-corrected chi connectivity index (χ3v) is 4.49. The summed E-state index contributed by atoms with van der Waals surface area (Å²) in [5, 5.41) is 4.20. The van der Waals surface area contributed by atoms with Crippen molar-refractivity contribution >= 4 is 16.5 Å². The second kappa shape index (κ2) is 6.54. The molecule has 6 heteroatoms. The highest BCUT2D eigenvalue weighted by Crippen LogP contribution is 2.34. The van der Waals surface area contributed by atoms with E-state index in [9.17, 15) is 0 Å². The fourth-order valence-electron chi connectivity index (χ4n) is 2.61. The predicted octanol–water partition coefficient (Wildman–Crippen LogP) is 2.98. The second-order valence-electron chi connectivity index (χ2n) is 5.67. The number of ether oxygens (including phenoxy) is 2. The molecule has 1 atom stereocenters. The van der Waals surface area contributed by atoms with E-state index in [0.29, 0.717) is 24.3 Å². The summed E-state index contributed by atoms with van der Waals surface area (Å²) in [4.78, 5) is 5.23. The molecule has 0 saturated carbocycles. The molecule has 1 aliphatic rings. The zero-order valence-electron chi connectivity index (χ0n) is 12.8. The first kappa shape index (κ1) is 15.1. The molecule has 0 fully saturated rings. The fraction of sp³-hybridized carbons (Fsp3) is 0.438. The molecule has 0 amide bonds. The van der Waals surface area contributed by atoms with Gasteiger partial charge in [0, 0.05) is 23.7 Å². The summed E-state index contributed by atoms with van der Waals surface area (Å²) in [5.74, 6) is 2.11. The molecular weight excluding hydrogens is 298 g/mol. The fourth-order valence-corrected chi connectivity index (χ4v) is 3.24. The van der Waals surface area contributed by atoms with Crippen molar-refractivity contribution in [2.45, 2.75) is 26.4 Å². The Hall–Kier alpha value is -1.79. The number of nitrogens with one attached hydrogen (secondary N) is 1. The van der Waals surface area contributed by atoms with E-state index in [-0.39, 0.29) is 6.04 Å². The SMILES string of the molecule is CC(C)C(NCc1cnc(N)s1)c1ccc2c(c1)OCCO2. The van der Waals surface area contributed by atoms with E-state index in [1.807, 2.05) is 12.3 Å². The van der Waals surface area contributed by atoms with E-state index < -0.39 is 0 Å². The Kier molecular flexibility index (Phi) is 4.49. The molecule has 0 spiro atoms. The van der Waals surface area contributed by atoms with Gasteiger partial charge in [0.05, 0.1) is 0 Å².